The van der Waals surface area contributed by atoms with Gasteiger partial charge in [-0.05, 0) is 29.6 Å². The number of halogens is 2. The second-order valence-electron chi connectivity index (χ2n) is 3.87. The topological polar surface area (TPSA) is 52.0 Å². The van der Waals surface area contributed by atoms with E-state index < -0.39 is 0 Å². The molecular weight excluding hydrogens is 348 g/mol. The highest BCUT2D eigenvalue weighted by molar-refractivity contribution is 9.10. The zero-order chi connectivity index (χ0) is 13.4. The number of benzene rings is 1. The number of aromatic nitrogens is 1. The van der Waals surface area contributed by atoms with Crippen LogP contribution >= 0.6 is 38.9 Å². The predicted molar refractivity (Wildman–Crippen MR) is 82.4 cm³/mol. The molecule has 0 radical (unpaired) electrons. The van der Waals surface area contributed by atoms with Gasteiger partial charge in [0.15, 0.2) is 0 Å². The van der Waals surface area contributed by atoms with Crippen LogP contribution in [0, 0.1) is 0 Å². The molecule has 2 heterocycles. The number of thiophene rings is 1. The Bertz CT molecular complexity index is 724. The Morgan fingerprint density at radius 1 is 1.32 bits per heavy atom. The van der Waals surface area contributed by atoms with Gasteiger partial charge in [0.1, 0.15) is 5.69 Å². The minimum atomic E-state index is 0.310. The van der Waals surface area contributed by atoms with Crippen molar-refractivity contribution >= 4 is 44.8 Å². The molecule has 0 amide bonds. The molecule has 96 valence electrons. The van der Waals surface area contributed by atoms with Crippen molar-refractivity contribution in [2.45, 2.75) is 0 Å². The molecule has 0 spiro atoms. The minimum absolute atomic E-state index is 0.310. The molecule has 3 nitrogen and oxygen atoms in total. The third kappa shape index (κ3) is 2.29. The smallest absolute Gasteiger partial charge is 0.231 e. The van der Waals surface area contributed by atoms with E-state index in [1.54, 1.807) is 11.3 Å². The minimum Gasteiger partial charge on any atom is -0.367 e. The highest BCUT2D eigenvalue weighted by atomic mass is 79.9. The second kappa shape index (κ2) is 5.00. The van der Waals surface area contributed by atoms with Gasteiger partial charge in [0.05, 0.1) is 5.56 Å². The summed E-state index contributed by atoms with van der Waals surface area (Å²) in [6, 6.07) is 9.46. The van der Waals surface area contributed by atoms with Crippen LogP contribution in [-0.2, 0) is 0 Å². The van der Waals surface area contributed by atoms with E-state index in [4.69, 9.17) is 21.9 Å². The average Bonchev–Trinajstić information content (AvgIpc) is 3.01. The molecule has 0 atom stereocenters. The first kappa shape index (κ1) is 12.7. The van der Waals surface area contributed by atoms with Crippen molar-refractivity contribution in [2.75, 3.05) is 5.73 Å². The van der Waals surface area contributed by atoms with Gasteiger partial charge in [0, 0.05) is 19.9 Å². The van der Waals surface area contributed by atoms with Gasteiger partial charge in [0.25, 0.3) is 0 Å². The Balaban J connectivity index is 2.24. The largest absolute Gasteiger partial charge is 0.367 e. The monoisotopic (exact) mass is 354 g/mol. The third-order valence-corrected chi connectivity index (χ3v) is 4.48. The normalized spacial score (nSPS) is 10.8. The van der Waals surface area contributed by atoms with Crippen molar-refractivity contribution in [3.8, 4) is 21.7 Å². The van der Waals surface area contributed by atoms with Gasteiger partial charge >= 0.3 is 0 Å². The number of nitrogens with zero attached hydrogens (tertiary/aromatic N) is 1. The van der Waals surface area contributed by atoms with Crippen molar-refractivity contribution in [3.63, 3.8) is 0 Å². The van der Waals surface area contributed by atoms with Crippen LogP contribution in [0.4, 0.5) is 5.88 Å². The van der Waals surface area contributed by atoms with E-state index in [2.05, 4.69) is 21.1 Å². The maximum Gasteiger partial charge on any atom is 0.231 e. The van der Waals surface area contributed by atoms with E-state index in [-0.39, 0.29) is 0 Å². The van der Waals surface area contributed by atoms with Crippen LogP contribution in [0.25, 0.3) is 21.7 Å². The molecule has 0 aliphatic carbocycles. The number of hydrogen-bond acceptors (Lipinski definition) is 4. The predicted octanol–water partition coefficient (Wildman–Crippen LogP) is 5.07. The van der Waals surface area contributed by atoms with Crippen molar-refractivity contribution in [2.24, 2.45) is 0 Å². The van der Waals surface area contributed by atoms with Gasteiger partial charge in [-0.2, -0.15) is 0 Å². The molecule has 0 unspecified atom stereocenters. The first-order chi connectivity index (χ1) is 9.16. The lowest BCUT2D eigenvalue weighted by molar-refractivity contribution is 0.439. The van der Waals surface area contributed by atoms with Gasteiger partial charge in [-0.15, -0.1) is 11.3 Å². The summed E-state index contributed by atoms with van der Waals surface area (Å²) >= 11 is 11.1. The zero-order valence-electron chi connectivity index (χ0n) is 9.56. The SMILES string of the molecule is Nc1onc(-c2cc(Cl)ccc2Br)c1-c1cccs1. The van der Waals surface area contributed by atoms with Crippen LogP contribution in [0.5, 0.6) is 0 Å². The maximum atomic E-state index is 6.04. The number of hydrogen-bond donors (Lipinski definition) is 1. The van der Waals surface area contributed by atoms with E-state index in [0.29, 0.717) is 16.6 Å². The molecule has 3 aromatic rings. The lowest BCUT2D eigenvalue weighted by atomic mass is 10.1. The molecular formula is C13H8BrClN2OS. The third-order valence-electron chi connectivity index (χ3n) is 2.67. The quantitative estimate of drug-likeness (QED) is 0.698. The van der Waals surface area contributed by atoms with Crippen molar-refractivity contribution in [1.29, 1.82) is 0 Å². The number of nitrogen functional groups attached to an aromatic ring is 1. The van der Waals surface area contributed by atoms with Gasteiger partial charge in [-0.3, -0.25) is 0 Å². The molecule has 3 rings (SSSR count). The Kier molecular flexibility index (Phi) is 3.35. The fraction of sp³-hybridized carbons (Fsp3) is 0. The Morgan fingerprint density at radius 2 is 2.16 bits per heavy atom. The van der Waals surface area contributed by atoms with Crippen LogP contribution in [0.15, 0.2) is 44.7 Å². The first-order valence-corrected chi connectivity index (χ1v) is 7.46. The van der Waals surface area contributed by atoms with Crippen LogP contribution in [0.3, 0.4) is 0 Å². The summed E-state index contributed by atoms with van der Waals surface area (Å²) in [6.07, 6.45) is 0. The molecule has 0 saturated carbocycles. The summed E-state index contributed by atoms with van der Waals surface area (Å²) in [5, 5.41) is 6.68. The summed E-state index contributed by atoms with van der Waals surface area (Å²) in [5.74, 6) is 0.310. The zero-order valence-corrected chi connectivity index (χ0v) is 12.7. The highest BCUT2D eigenvalue weighted by Crippen LogP contribution is 2.41. The van der Waals surface area contributed by atoms with Crippen LogP contribution < -0.4 is 5.73 Å². The van der Waals surface area contributed by atoms with Gasteiger partial charge in [-0.25, -0.2) is 0 Å². The van der Waals surface area contributed by atoms with Gasteiger partial charge in [0.2, 0.25) is 5.88 Å². The molecule has 19 heavy (non-hydrogen) atoms. The van der Waals surface area contributed by atoms with Crippen LogP contribution in [0.2, 0.25) is 5.02 Å². The molecule has 6 heteroatoms. The fourth-order valence-electron chi connectivity index (χ4n) is 1.82. The molecule has 0 aliphatic heterocycles. The highest BCUT2D eigenvalue weighted by Gasteiger charge is 2.20. The molecule has 0 fully saturated rings. The molecule has 0 aliphatic rings. The number of nitrogens with two attached hydrogens (primary N) is 1. The maximum absolute atomic E-state index is 6.04. The molecule has 1 aromatic carbocycles. The lowest BCUT2D eigenvalue weighted by Crippen LogP contribution is -1.86. The van der Waals surface area contributed by atoms with Gasteiger partial charge in [-0.1, -0.05) is 38.8 Å². The average molecular weight is 356 g/mol. The van der Waals surface area contributed by atoms with Gasteiger partial charge < -0.3 is 10.3 Å². The fourth-order valence-corrected chi connectivity index (χ4v) is 3.21. The Morgan fingerprint density at radius 3 is 2.89 bits per heavy atom. The number of anilines is 1. The first-order valence-electron chi connectivity index (χ1n) is 5.41. The summed E-state index contributed by atoms with van der Waals surface area (Å²) in [6.45, 7) is 0. The van der Waals surface area contributed by atoms with Crippen molar-refractivity contribution in [3.05, 3.63) is 45.2 Å². The summed E-state index contributed by atoms with van der Waals surface area (Å²) in [7, 11) is 0. The number of rotatable bonds is 2. The van der Waals surface area contributed by atoms with E-state index in [0.717, 1.165) is 20.5 Å². The van der Waals surface area contributed by atoms with Crippen LogP contribution in [0.1, 0.15) is 0 Å². The molecule has 0 saturated heterocycles. The van der Waals surface area contributed by atoms with E-state index >= 15 is 0 Å². The Hall–Kier alpha value is -1.30. The Labute approximate surface area is 127 Å². The summed E-state index contributed by atoms with van der Waals surface area (Å²) < 4.78 is 6.03. The molecule has 2 N–H and O–H groups in total. The van der Waals surface area contributed by atoms with Crippen molar-refractivity contribution in [1.82, 2.24) is 5.16 Å². The molecule has 2 aromatic heterocycles. The standard InChI is InChI=1S/C13H8BrClN2OS/c14-9-4-3-7(15)6-8(9)12-11(13(16)18-17-12)10-2-1-5-19-10/h1-6H,16H2. The van der Waals surface area contributed by atoms with Crippen molar-refractivity contribution < 1.29 is 4.52 Å². The summed E-state index contributed by atoms with van der Waals surface area (Å²) in [5.41, 5.74) is 8.24. The lowest BCUT2D eigenvalue weighted by Gasteiger charge is -2.03. The van der Waals surface area contributed by atoms with E-state index in [1.165, 1.54) is 0 Å². The van der Waals surface area contributed by atoms with E-state index in [9.17, 15) is 0 Å². The summed E-state index contributed by atoms with van der Waals surface area (Å²) in [4.78, 5) is 1.01. The van der Waals surface area contributed by atoms with Crippen LogP contribution in [-0.4, -0.2) is 5.16 Å². The second-order valence-corrected chi connectivity index (χ2v) is 6.11. The molecule has 0 bridgehead atoms. The van der Waals surface area contributed by atoms with E-state index in [1.807, 2.05) is 35.7 Å².